The zero-order chi connectivity index (χ0) is 13.8. The maximum Gasteiger partial charge on any atom is 0.303 e. The van der Waals surface area contributed by atoms with E-state index < -0.39 is 17.8 Å². The topological polar surface area (TPSA) is 72.6 Å². The van der Waals surface area contributed by atoms with E-state index in [9.17, 15) is 9.18 Å². The van der Waals surface area contributed by atoms with Crippen LogP contribution in [0.25, 0.3) is 0 Å². The Bertz CT molecular complexity index is 460. The lowest BCUT2D eigenvalue weighted by Crippen LogP contribution is -2.15. The summed E-state index contributed by atoms with van der Waals surface area (Å²) in [5.41, 5.74) is 6.47. The van der Waals surface area contributed by atoms with Crippen LogP contribution in [-0.2, 0) is 4.79 Å². The standard InChI is InChI=1S/C14H18FNO3/c15-11-3-1-2-10(12(16)6-7-13(17)18)14(11)19-8-9-4-5-9/h1-3,9,12H,4-8,16H2,(H,17,18). The molecule has 2 rings (SSSR count). The molecule has 0 amide bonds. The third-order valence-corrected chi connectivity index (χ3v) is 3.23. The van der Waals surface area contributed by atoms with Gasteiger partial charge in [-0.1, -0.05) is 12.1 Å². The number of ether oxygens (including phenoxy) is 1. The van der Waals surface area contributed by atoms with E-state index in [-0.39, 0.29) is 18.6 Å². The van der Waals surface area contributed by atoms with Crippen molar-refractivity contribution in [2.45, 2.75) is 31.7 Å². The number of nitrogens with two attached hydrogens (primary N) is 1. The van der Waals surface area contributed by atoms with Crippen molar-refractivity contribution in [2.75, 3.05) is 6.61 Å². The van der Waals surface area contributed by atoms with Crippen LogP contribution in [0.2, 0.25) is 0 Å². The van der Waals surface area contributed by atoms with Crippen molar-refractivity contribution in [1.29, 1.82) is 0 Å². The number of carboxylic acid groups (broad SMARTS) is 1. The Balaban J connectivity index is 2.08. The zero-order valence-corrected chi connectivity index (χ0v) is 10.6. The summed E-state index contributed by atoms with van der Waals surface area (Å²) in [6.07, 6.45) is 2.46. The van der Waals surface area contributed by atoms with Gasteiger partial charge in [0.05, 0.1) is 6.61 Å². The number of rotatable bonds is 7. The zero-order valence-electron chi connectivity index (χ0n) is 10.6. The number of hydrogen-bond acceptors (Lipinski definition) is 3. The molecule has 1 aromatic rings. The van der Waals surface area contributed by atoms with Gasteiger partial charge in [0.15, 0.2) is 11.6 Å². The monoisotopic (exact) mass is 267 g/mol. The van der Waals surface area contributed by atoms with E-state index in [1.807, 2.05) is 0 Å². The van der Waals surface area contributed by atoms with Crippen LogP contribution in [0.1, 0.15) is 37.3 Å². The number of carbonyl (C=O) groups is 1. The van der Waals surface area contributed by atoms with Crippen LogP contribution >= 0.6 is 0 Å². The van der Waals surface area contributed by atoms with Gasteiger partial charge in [-0.2, -0.15) is 0 Å². The van der Waals surface area contributed by atoms with Crippen molar-refractivity contribution in [2.24, 2.45) is 11.7 Å². The van der Waals surface area contributed by atoms with Crippen molar-refractivity contribution in [3.63, 3.8) is 0 Å². The molecule has 1 aliphatic carbocycles. The van der Waals surface area contributed by atoms with Crippen LogP contribution in [0, 0.1) is 11.7 Å². The Kier molecular flexibility index (Phi) is 4.37. The summed E-state index contributed by atoms with van der Waals surface area (Å²) >= 11 is 0. The lowest BCUT2D eigenvalue weighted by atomic mass is 10.0. The number of aliphatic carboxylic acids is 1. The second-order valence-electron chi connectivity index (χ2n) is 4.95. The Morgan fingerprint density at radius 1 is 1.53 bits per heavy atom. The molecule has 1 aromatic carbocycles. The molecule has 104 valence electrons. The van der Waals surface area contributed by atoms with Gasteiger partial charge >= 0.3 is 5.97 Å². The van der Waals surface area contributed by atoms with E-state index in [2.05, 4.69) is 0 Å². The van der Waals surface area contributed by atoms with Crippen molar-refractivity contribution in [1.82, 2.24) is 0 Å². The molecule has 5 heteroatoms. The first-order valence-corrected chi connectivity index (χ1v) is 6.46. The fraction of sp³-hybridized carbons (Fsp3) is 0.500. The molecule has 1 aliphatic rings. The molecule has 19 heavy (non-hydrogen) atoms. The summed E-state index contributed by atoms with van der Waals surface area (Å²) in [4.78, 5) is 10.5. The minimum atomic E-state index is -0.910. The number of carboxylic acids is 1. The molecule has 0 aliphatic heterocycles. The Labute approximate surface area is 111 Å². The average Bonchev–Trinajstić information content (AvgIpc) is 3.18. The van der Waals surface area contributed by atoms with Gasteiger partial charge in [0.1, 0.15) is 0 Å². The average molecular weight is 267 g/mol. The van der Waals surface area contributed by atoms with Crippen LogP contribution in [0.5, 0.6) is 5.75 Å². The number of para-hydroxylation sites is 1. The fourth-order valence-electron chi connectivity index (χ4n) is 1.89. The Morgan fingerprint density at radius 3 is 2.89 bits per heavy atom. The molecule has 0 aromatic heterocycles. The van der Waals surface area contributed by atoms with Crippen LogP contribution < -0.4 is 10.5 Å². The maximum atomic E-state index is 13.8. The van der Waals surface area contributed by atoms with Gasteiger partial charge < -0.3 is 15.6 Å². The molecule has 0 spiro atoms. The highest BCUT2D eigenvalue weighted by atomic mass is 19.1. The largest absolute Gasteiger partial charge is 0.490 e. The van der Waals surface area contributed by atoms with Gasteiger partial charge in [-0.3, -0.25) is 4.79 Å². The van der Waals surface area contributed by atoms with E-state index in [1.165, 1.54) is 6.07 Å². The normalized spacial score (nSPS) is 16.1. The second-order valence-corrected chi connectivity index (χ2v) is 4.95. The molecule has 1 unspecified atom stereocenters. The molecule has 3 N–H and O–H groups in total. The van der Waals surface area contributed by atoms with Crippen molar-refractivity contribution >= 4 is 5.97 Å². The summed E-state index contributed by atoms with van der Waals surface area (Å²) in [7, 11) is 0. The SMILES string of the molecule is NC(CCC(=O)O)c1cccc(F)c1OCC1CC1. The molecule has 1 saturated carbocycles. The van der Waals surface area contributed by atoms with E-state index in [0.717, 1.165) is 12.8 Å². The smallest absolute Gasteiger partial charge is 0.303 e. The summed E-state index contributed by atoms with van der Waals surface area (Å²) in [6.45, 7) is 0.500. The highest BCUT2D eigenvalue weighted by Gasteiger charge is 2.24. The van der Waals surface area contributed by atoms with Crippen LogP contribution in [0.4, 0.5) is 4.39 Å². The summed E-state index contributed by atoms with van der Waals surface area (Å²) in [5.74, 6) is -0.661. The van der Waals surface area contributed by atoms with E-state index in [4.69, 9.17) is 15.6 Å². The lowest BCUT2D eigenvalue weighted by molar-refractivity contribution is -0.137. The van der Waals surface area contributed by atoms with Gasteiger partial charge in [0.25, 0.3) is 0 Å². The van der Waals surface area contributed by atoms with E-state index in [1.54, 1.807) is 12.1 Å². The number of benzene rings is 1. The summed E-state index contributed by atoms with van der Waals surface area (Å²) in [5, 5.41) is 8.66. The molecule has 1 fully saturated rings. The van der Waals surface area contributed by atoms with Crippen LogP contribution in [-0.4, -0.2) is 17.7 Å². The van der Waals surface area contributed by atoms with Gasteiger partial charge in [-0.05, 0) is 31.2 Å². The predicted molar refractivity (Wildman–Crippen MR) is 68.4 cm³/mol. The van der Waals surface area contributed by atoms with Crippen LogP contribution in [0.15, 0.2) is 18.2 Å². The van der Waals surface area contributed by atoms with Gasteiger partial charge in [-0.15, -0.1) is 0 Å². The van der Waals surface area contributed by atoms with E-state index in [0.29, 0.717) is 18.1 Å². The Morgan fingerprint density at radius 2 is 2.26 bits per heavy atom. The molecule has 0 saturated heterocycles. The molecule has 1 atom stereocenters. The van der Waals surface area contributed by atoms with Crippen LogP contribution in [0.3, 0.4) is 0 Å². The molecule has 0 radical (unpaired) electrons. The summed E-state index contributed by atoms with van der Waals surface area (Å²) in [6, 6.07) is 4.06. The third kappa shape index (κ3) is 3.92. The third-order valence-electron chi connectivity index (χ3n) is 3.23. The summed E-state index contributed by atoms with van der Waals surface area (Å²) < 4.78 is 19.3. The van der Waals surface area contributed by atoms with Gasteiger partial charge in [0.2, 0.25) is 0 Å². The van der Waals surface area contributed by atoms with Gasteiger partial charge in [-0.25, -0.2) is 4.39 Å². The number of hydrogen-bond donors (Lipinski definition) is 2. The maximum absolute atomic E-state index is 13.8. The molecule has 0 heterocycles. The second kappa shape index (κ2) is 6.02. The fourth-order valence-corrected chi connectivity index (χ4v) is 1.89. The first-order chi connectivity index (χ1) is 9.08. The highest BCUT2D eigenvalue weighted by Crippen LogP contribution is 2.33. The molecular weight excluding hydrogens is 249 g/mol. The minimum absolute atomic E-state index is 0.0419. The van der Waals surface area contributed by atoms with Crippen molar-refractivity contribution < 1.29 is 19.0 Å². The molecular formula is C14H18FNO3. The lowest BCUT2D eigenvalue weighted by Gasteiger charge is -2.17. The van der Waals surface area contributed by atoms with Crippen molar-refractivity contribution in [3.05, 3.63) is 29.6 Å². The van der Waals surface area contributed by atoms with Crippen molar-refractivity contribution in [3.8, 4) is 5.75 Å². The molecule has 4 nitrogen and oxygen atoms in total. The quantitative estimate of drug-likeness (QED) is 0.796. The highest BCUT2D eigenvalue weighted by molar-refractivity contribution is 5.66. The Hall–Kier alpha value is -1.62. The van der Waals surface area contributed by atoms with E-state index >= 15 is 0 Å². The molecule has 0 bridgehead atoms. The predicted octanol–water partition coefficient (Wildman–Crippen LogP) is 2.48. The minimum Gasteiger partial charge on any atom is -0.490 e. The van der Waals surface area contributed by atoms with Gasteiger partial charge in [0, 0.05) is 18.0 Å². The first kappa shape index (κ1) is 13.8. The first-order valence-electron chi connectivity index (χ1n) is 6.46. The number of halogens is 1.